The third-order valence-electron chi connectivity index (χ3n) is 0.468. The molecule has 0 aromatic rings. The molecule has 0 spiro atoms. The summed E-state index contributed by atoms with van der Waals surface area (Å²) in [5.74, 6) is -0.183. The zero-order valence-electron chi connectivity index (χ0n) is 6.21. The van der Waals surface area contributed by atoms with Gasteiger partial charge in [0.25, 0.3) is 0 Å². The van der Waals surface area contributed by atoms with Crippen LogP contribution in [0.5, 0.6) is 0 Å². The second kappa shape index (κ2) is 6.81. The summed E-state index contributed by atoms with van der Waals surface area (Å²) >= 11 is 0. The molecule has 12 heavy (non-hydrogen) atoms. The zero-order valence-corrected chi connectivity index (χ0v) is 6.21. The van der Waals surface area contributed by atoms with Crippen molar-refractivity contribution in [2.75, 3.05) is 13.2 Å². The third-order valence-corrected chi connectivity index (χ3v) is 0.468. The van der Waals surface area contributed by atoms with Gasteiger partial charge in [0.05, 0.1) is 0 Å². The van der Waals surface area contributed by atoms with Crippen molar-refractivity contribution in [2.45, 2.75) is 13.4 Å². The molecule has 0 rings (SSSR count). The van der Waals surface area contributed by atoms with Gasteiger partial charge in [0.2, 0.25) is 5.91 Å². The van der Waals surface area contributed by atoms with Crippen LogP contribution >= 0.6 is 0 Å². The monoisotopic (exact) mass is 193 g/mol. The molecule has 0 heterocycles. The van der Waals surface area contributed by atoms with Crippen LogP contribution in [0.4, 0.5) is 22.0 Å². The SMILES string of the molecule is CC(=O)NCCF.FC(F)(F)F. The third kappa shape index (κ3) is 61.8. The van der Waals surface area contributed by atoms with Crippen molar-refractivity contribution in [1.29, 1.82) is 0 Å². The van der Waals surface area contributed by atoms with Crippen LogP contribution in [-0.4, -0.2) is 25.6 Å². The van der Waals surface area contributed by atoms with Crippen LogP contribution in [0.25, 0.3) is 0 Å². The van der Waals surface area contributed by atoms with Crippen LogP contribution in [0.2, 0.25) is 0 Å². The molecular weight excluding hydrogens is 185 g/mol. The Kier molecular flexibility index (Phi) is 7.77. The van der Waals surface area contributed by atoms with E-state index in [1.165, 1.54) is 6.92 Å². The highest BCUT2D eigenvalue weighted by Gasteiger charge is 2.24. The molecule has 0 aliphatic rings. The Balaban J connectivity index is 0. The van der Waals surface area contributed by atoms with Gasteiger partial charge in [0, 0.05) is 13.5 Å². The smallest absolute Gasteiger partial charge is 0.354 e. The summed E-state index contributed by atoms with van der Waals surface area (Å²) in [6.07, 6.45) is -5.50. The summed E-state index contributed by atoms with van der Waals surface area (Å²) in [6.45, 7) is 1.00. The average Bonchev–Trinajstić information content (AvgIpc) is 1.79. The molecule has 7 heteroatoms. The summed E-state index contributed by atoms with van der Waals surface area (Å²) in [7, 11) is 0. The molecule has 2 nitrogen and oxygen atoms in total. The van der Waals surface area contributed by atoms with Crippen molar-refractivity contribution in [3.8, 4) is 0 Å². The fourth-order valence-corrected chi connectivity index (χ4v) is 0.223. The Bertz CT molecular complexity index is 117. The van der Waals surface area contributed by atoms with Gasteiger partial charge in [-0.1, -0.05) is 0 Å². The van der Waals surface area contributed by atoms with E-state index >= 15 is 0 Å². The first-order valence-corrected chi connectivity index (χ1v) is 2.83. The van der Waals surface area contributed by atoms with Crippen LogP contribution in [0.3, 0.4) is 0 Å². The molecule has 0 atom stereocenters. The fourth-order valence-electron chi connectivity index (χ4n) is 0.223. The second-order valence-corrected chi connectivity index (χ2v) is 1.60. The van der Waals surface area contributed by atoms with E-state index in [1.54, 1.807) is 0 Å². The van der Waals surface area contributed by atoms with Crippen molar-refractivity contribution in [3.05, 3.63) is 0 Å². The van der Waals surface area contributed by atoms with Gasteiger partial charge < -0.3 is 5.32 Å². The van der Waals surface area contributed by atoms with Crippen LogP contribution in [0.15, 0.2) is 0 Å². The molecule has 0 aromatic carbocycles. The Morgan fingerprint density at radius 2 is 1.67 bits per heavy atom. The molecule has 0 saturated carbocycles. The van der Waals surface area contributed by atoms with Gasteiger partial charge in [-0.25, -0.2) is 4.39 Å². The van der Waals surface area contributed by atoms with Crippen molar-refractivity contribution in [2.24, 2.45) is 0 Å². The first kappa shape index (κ1) is 13.7. The second-order valence-electron chi connectivity index (χ2n) is 1.60. The lowest BCUT2D eigenvalue weighted by molar-refractivity contribution is -0.237. The summed E-state index contributed by atoms with van der Waals surface area (Å²) in [5, 5.41) is 2.28. The highest BCUT2D eigenvalue weighted by atomic mass is 19.5. The van der Waals surface area contributed by atoms with Gasteiger partial charge >= 0.3 is 6.43 Å². The number of carbonyl (C=O) groups excluding carboxylic acids is 1. The molecule has 0 bridgehead atoms. The molecule has 0 saturated heterocycles. The van der Waals surface area contributed by atoms with Gasteiger partial charge in [-0.2, -0.15) is 0 Å². The Morgan fingerprint density at radius 3 is 1.75 bits per heavy atom. The van der Waals surface area contributed by atoms with Gasteiger partial charge in [0.15, 0.2) is 0 Å². The number of halogens is 5. The van der Waals surface area contributed by atoms with Crippen molar-refractivity contribution in [3.63, 3.8) is 0 Å². The molecular formula is C5H8F5NO. The lowest BCUT2D eigenvalue weighted by Crippen LogP contribution is -2.21. The van der Waals surface area contributed by atoms with E-state index in [0.29, 0.717) is 0 Å². The molecule has 0 unspecified atom stereocenters. The van der Waals surface area contributed by atoms with E-state index in [1.807, 2.05) is 0 Å². The van der Waals surface area contributed by atoms with E-state index in [2.05, 4.69) is 5.32 Å². The van der Waals surface area contributed by atoms with E-state index in [9.17, 15) is 26.7 Å². The summed E-state index contributed by atoms with van der Waals surface area (Å²) < 4.78 is 49.9. The number of nitrogens with one attached hydrogen (secondary N) is 1. The summed E-state index contributed by atoms with van der Waals surface area (Å²) in [5.41, 5.74) is 0. The molecule has 0 fully saturated rings. The molecule has 0 aliphatic carbocycles. The lowest BCUT2D eigenvalue weighted by atomic mass is 10.6. The van der Waals surface area contributed by atoms with Gasteiger partial charge in [0.1, 0.15) is 6.67 Å². The topological polar surface area (TPSA) is 29.1 Å². The highest BCUT2D eigenvalue weighted by Crippen LogP contribution is 2.13. The maximum atomic E-state index is 11.1. The highest BCUT2D eigenvalue weighted by molar-refractivity contribution is 5.72. The minimum absolute atomic E-state index is 0.134. The average molecular weight is 193 g/mol. The Hall–Kier alpha value is -0.880. The largest absolute Gasteiger partial charge is 0.559 e. The minimum atomic E-state index is -5.50. The van der Waals surface area contributed by atoms with Crippen LogP contribution in [0.1, 0.15) is 6.92 Å². The lowest BCUT2D eigenvalue weighted by Gasteiger charge is -1.91. The van der Waals surface area contributed by atoms with Gasteiger partial charge in [-0.05, 0) is 0 Å². The normalized spacial score (nSPS) is 9.83. The number of alkyl halides is 5. The summed E-state index contributed by atoms with van der Waals surface area (Å²) in [4.78, 5) is 9.92. The minimum Gasteiger partial charge on any atom is -0.354 e. The number of carbonyl (C=O) groups is 1. The number of rotatable bonds is 2. The maximum Gasteiger partial charge on any atom is 0.559 e. The zero-order chi connectivity index (χ0) is 10.2. The molecule has 1 amide bonds. The number of hydrogen-bond acceptors (Lipinski definition) is 1. The fraction of sp³-hybridized carbons (Fsp3) is 0.800. The molecule has 1 N–H and O–H groups in total. The van der Waals surface area contributed by atoms with Gasteiger partial charge in [-0.15, -0.1) is 17.6 Å². The van der Waals surface area contributed by atoms with E-state index in [0.717, 1.165) is 0 Å². The van der Waals surface area contributed by atoms with Crippen LogP contribution in [0, 0.1) is 0 Å². The standard InChI is InChI=1S/C4H8FNO.CF4/c1-4(7)6-3-2-5;2-1(3,4)5/h2-3H2,1H3,(H,6,7);. The van der Waals surface area contributed by atoms with Crippen molar-refractivity contribution >= 4 is 5.91 Å². The van der Waals surface area contributed by atoms with E-state index < -0.39 is 13.1 Å². The van der Waals surface area contributed by atoms with Crippen LogP contribution in [-0.2, 0) is 4.79 Å². The molecule has 74 valence electrons. The number of hydrogen-bond donors (Lipinski definition) is 1. The quantitative estimate of drug-likeness (QED) is 0.662. The predicted octanol–water partition coefficient (Wildman–Crippen LogP) is 1.57. The van der Waals surface area contributed by atoms with Crippen molar-refractivity contribution < 1.29 is 26.7 Å². The predicted molar refractivity (Wildman–Crippen MR) is 31.8 cm³/mol. The first-order valence-electron chi connectivity index (χ1n) is 2.83. The summed E-state index contributed by atoms with van der Waals surface area (Å²) in [6, 6.07) is 0. The van der Waals surface area contributed by atoms with E-state index in [4.69, 9.17) is 0 Å². The molecule has 0 aromatic heterocycles. The molecule has 0 aliphatic heterocycles. The van der Waals surface area contributed by atoms with E-state index in [-0.39, 0.29) is 12.5 Å². The first-order chi connectivity index (χ1) is 5.27. The van der Waals surface area contributed by atoms with Gasteiger partial charge in [-0.3, -0.25) is 4.79 Å². The number of amides is 1. The molecule has 0 radical (unpaired) electrons. The van der Waals surface area contributed by atoms with Crippen LogP contribution < -0.4 is 5.32 Å². The maximum absolute atomic E-state index is 11.1. The Labute approximate surface area is 65.7 Å². The van der Waals surface area contributed by atoms with Crippen molar-refractivity contribution in [1.82, 2.24) is 5.32 Å². The Morgan fingerprint density at radius 1 is 1.33 bits per heavy atom.